The third-order valence-electron chi connectivity index (χ3n) is 10.6. The summed E-state index contributed by atoms with van der Waals surface area (Å²) in [6.45, 7) is 6.17. The van der Waals surface area contributed by atoms with Crippen LogP contribution in [0.25, 0.3) is 22.3 Å². The highest BCUT2D eigenvalue weighted by atomic mass is 31.2. The maximum Gasteiger partial charge on any atom is 0.527 e. The number of benzene rings is 1. The lowest BCUT2D eigenvalue weighted by molar-refractivity contribution is -0.172. The van der Waals surface area contributed by atoms with Gasteiger partial charge in [0.25, 0.3) is 5.56 Å². The zero-order valence-corrected chi connectivity index (χ0v) is 31.7. The molecule has 0 bridgehead atoms. The Bertz CT molecular complexity index is 1770. The molecule has 2 aromatic heterocycles. The summed E-state index contributed by atoms with van der Waals surface area (Å²) in [7, 11) is -4.34. The molecule has 0 fully saturated rings. The van der Waals surface area contributed by atoms with Gasteiger partial charge in [-0.05, 0) is 49.1 Å². The first-order valence-corrected chi connectivity index (χ1v) is 20.9. The van der Waals surface area contributed by atoms with Crippen LogP contribution >= 0.6 is 7.82 Å². The van der Waals surface area contributed by atoms with Crippen LogP contribution in [0.5, 0.6) is 5.75 Å². The van der Waals surface area contributed by atoms with E-state index in [4.69, 9.17) is 18.8 Å². The zero-order valence-electron chi connectivity index (χ0n) is 30.8. The Hall–Kier alpha value is -3.04. The highest BCUT2D eigenvalue weighted by Gasteiger charge is 2.45. The maximum atomic E-state index is 13.6. The summed E-state index contributed by atoms with van der Waals surface area (Å²) in [5.41, 5.74) is 1.88. The maximum absolute atomic E-state index is 13.6. The average molecular weight is 725 g/mol. The van der Waals surface area contributed by atoms with Crippen LogP contribution in [0.15, 0.2) is 29.1 Å². The molecule has 1 unspecified atom stereocenters. The monoisotopic (exact) mass is 724 g/mol. The molecule has 1 aromatic carbocycles. The van der Waals surface area contributed by atoms with Gasteiger partial charge in [0.05, 0.1) is 35.6 Å². The number of ether oxygens (including phenoxy) is 1. The fourth-order valence-corrected chi connectivity index (χ4v) is 8.38. The van der Waals surface area contributed by atoms with Gasteiger partial charge in [0.1, 0.15) is 12.4 Å². The second kappa shape index (κ2) is 18.1. The fraction of sp³-hybridized carbons (Fsp3) is 0.625. The van der Waals surface area contributed by atoms with Crippen molar-refractivity contribution in [3.05, 3.63) is 56.9 Å². The number of unbranched alkanes of at least 4 members (excludes halogenated alkanes) is 15. The van der Waals surface area contributed by atoms with Gasteiger partial charge in [-0.2, -0.15) is 0 Å². The Morgan fingerprint density at radius 3 is 2.06 bits per heavy atom. The van der Waals surface area contributed by atoms with E-state index in [1.807, 2.05) is 6.92 Å². The summed E-state index contributed by atoms with van der Waals surface area (Å²) in [6.07, 6.45) is 20.7. The van der Waals surface area contributed by atoms with E-state index in [1.165, 1.54) is 83.5 Å². The normalized spacial score (nSPS) is 17.5. The van der Waals surface area contributed by atoms with E-state index in [2.05, 4.69) is 6.92 Å². The van der Waals surface area contributed by atoms with E-state index in [-0.39, 0.29) is 48.6 Å². The second-order valence-electron chi connectivity index (χ2n) is 14.2. The number of hydrogen-bond acceptors (Lipinski definition) is 8. The molecule has 4 heterocycles. The molecule has 3 aromatic rings. The van der Waals surface area contributed by atoms with Crippen molar-refractivity contribution in [3.63, 3.8) is 0 Å². The van der Waals surface area contributed by atoms with Crippen molar-refractivity contribution in [1.82, 2.24) is 9.55 Å². The minimum atomic E-state index is -4.34. The molecule has 0 saturated carbocycles. The lowest BCUT2D eigenvalue weighted by atomic mass is 9.86. The van der Waals surface area contributed by atoms with Crippen molar-refractivity contribution in [2.75, 3.05) is 6.61 Å². The molecule has 280 valence electrons. The van der Waals surface area contributed by atoms with E-state index >= 15 is 0 Å². The molecule has 10 nitrogen and oxygen atoms in total. The van der Waals surface area contributed by atoms with Crippen LogP contribution in [-0.2, 0) is 43.8 Å². The molecule has 51 heavy (non-hydrogen) atoms. The molecule has 0 amide bonds. The molecular weight excluding hydrogens is 667 g/mol. The number of fused-ring (bicyclic) bond motifs is 5. The highest BCUT2D eigenvalue weighted by Crippen LogP contribution is 2.46. The Labute approximate surface area is 302 Å². The first-order chi connectivity index (χ1) is 24.6. The molecular formula is C40H57N2O8P. The van der Waals surface area contributed by atoms with Gasteiger partial charge in [-0.15, -0.1) is 0 Å². The molecule has 0 radical (unpaired) electrons. The van der Waals surface area contributed by atoms with Gasteiger partial charge in [-0.3, -0.25) is 14.2 Å². The number of hydrogen-bond donors (Lipinski definition) is 2. The summed E-state index contributed by atoms with van der Waals surface area (Å²) in [6, 6.07) is 6.70. The number of cyclic esters (lactones) is 1. The molecule has 2 aliphatic rings. The van der Waals surface area contributed by atoms with E-state index < -0.39 is 19.4 Å². The van der Waals surface area contributed by atoms with Crippen LogP contribution in [0.3, 0.4) is 0 Å². The van der Waals surface area contributed by atoms with Gasteiger partial charge in [0, 0.05) is 16.5 Å². The highest BCUT2D eigenvalue weighted by molar-refractivity contribution is 7.47. The number of pyridine rings is 2. The summed E-state index contributed by atoms with van der Waals surface area (Å²) in [5, 5.41) is 11.9. The zero-order chi connectivity index (χ0) is 36.4. The number of nitrogens with zero attached hydrogens (tertiary/aromatic N) is 2. The minimum absolute atomic E-state index is 0.0701. The number of phosphoric acid groups is 1. The topological polar surface area (TPSA) is 137 Å². The third kappa shape index (κ3) is 9.31. The number of carbonyl (C=O) groups is 1. The molecule has 2 N–H and O–H groups in total. The smallest absolute Gasteiger partial charge is 0.458 e. The minimum Gasteiger partial charge on any atom is -0.458 e. The van der Waals surface area contributed by atoms with Gasteiger partial charge in [-0.1, -0.05) is 117 Å². The lowest BCUT2D eigenvalue weighted by Gasteiger charge is -2.31. The Balaban J connectivity index is 1.10. The standard InChI is InChI=1S/C40H57N2O8P/c1-4-7-8-9-10-11-12-13-14-15-16-17-18-19-20-21-24-49-51(46,47)50-29-22-23-35-31(25-29)30(5-2)32-27-42-36(37(32)41-35)26-34-33(38(42)43)28-48-39(44)40(34,45)6-3/h22-23,25-26,45H,4-21,24,27-28H2,1-3H3,(H,46,47)/t40-/m0/s1. The van der Waals surface area contributed by atoms with E-state index in [0.29, 0.717) is 29.7 Å². The largest absolute Gasteiger partial charge is 0.527 e. The van der Waals surface area contributed by atoms with Crippen LogP contribution in [0.4, 0.5) is 0 Å². The molecule has 0 spiro atoms. The van der Waals surface area contributed by atoms with Gasteiger partial charge in [0.2, 0.25) is 0 Å². The number of rotatable bonds is 22. The molecule has 2 atom stereocenters. The van der Waals surface area contributed by atoms with Gasteiger partial charge < -0.3 is 18.9 Å². The summed E-state index contributed by atoms with van der Waals surface area (Å²) in [4.78, 5) is 41.5. The summed E-state index contributed by atoms with van der Waals surface area (Å²) >= 11 is 0. The number of esters is 1. The second-order valence-corrected chi connectivity index (χ2v) is 15.6. The van der Waals surface area contributed by atoms with Gasteiger partial charge >= 0.3 is 13.8 Å². The van der Waals surface area contributed by atoms with Gasteiger partial charge in [-0.25, -0.2) is 14.3 Å². The number of phosphoric ester groups is 1. The molecule has 2 aliphatic heterocycles. The molecule has 11 heteroatoms. The molecule has 0 saturated heterocycles. The number of aromatic nitrogens is 2. The Morgan fingerprint density at radius 1 is 0.863 bits per heavy atom. The fourth-order valence-electron chi connectivity index (χ4n) is 7.59. The van der Waals surface area contributed by atoms with E-state index in [0.717, 1.165) is 29.4 Å². The number of aliphatic hydroxyl groups is 1. The average Bonchev–Trinajstić information content (AvgIpc) is 3.48. The van der Waals surface area contributed by atoms with Crippen LogP contribution in [-0.4, -0.2) is 32.1 Å². The summed E-state index contributed by atoms with van der Waals surface area (Å²) in [5.74, 6) is -0.563. The van der Waals surface area contributed by atoms with Crippen molar-refractivity contribution in [1.29, 1.82) is 0 Å². The van der Waals surface area contributed by atoms with Crippen molar-refractivity contribution in [2.45, 2.75) is 155 Å². The Kier molecular flexibility index (Phi) is 13.9. The van der Waals surface area contributed by atoms with Crippen molar-refractivity contribution in [2.24, 2.45) is 0 Å². The summed E-state index contributed by atoms with van der Waals surface area (Å²) < 4.78 is 30.4. The van der Waals surface area contributed by atoms with Crippen LogP contribution in [0.2, 0.25) is 0 Å². The predicted octanol–water partition coefficient (Wildman–Crippen LogP) is 9.40. The van der Waals surface area contributed by atoms with Crippen LogP contribution < -0.4 is 10.1 Å². The first kappa shape index (κ1) is 39.2. The van der Waals surface area contributed by atoms with E-state index in [9.17, 15) is 24.2 Å². The van der Waals surface area contributed by atoms with Crippen LogP contribution in [0.1, 0.15) is 152 Å². The van der Waals surface area contributed by atoms with E-state index in [1.54, 1.807) is 35.8 Å². The van der Waals surface area contributed by atoms with Crippen LogP contribution in [0, 0.1) is 0 Å². The molecule has 5 rings (SSSR count). The van der Waals surface area contributed by atoms with Crippen molar-refractivity contribution in [3.8, 4) is 17.1 Å². The molecule has 0 aliphatic carbocycles. The third-order valence-corrected chi connectivity index (χ3v) is 11.6. The number of carbonyl (C=O) groups excluding carboxylic acids is 1. The Morgan fingerprint density at radius 2 is 1.47 bits per heavy atom. The quantitative estimate of drug-likeness (QED) is 0.0461. The van der Waals surface area contributed by atoms with Gasteiger partial charge in [0.15, 0.2) is 5.60 Å². The lowest BCUT2D eigenvalue weighted by Crippen LogP contribution is -2.44. The van der Waals surface area contributed by atoms with Crippen molar-refractivity contribution < 1.29 is 33.1 Å². The number of aryl methyl sites for hydroxylation is 1. The first-order valence-electron chi connectivity index (χ1n) is 19.4. The van der Waals surface area contributed by atoms with Crippen molar-refractivity contribution >= 4 is 24.7 Å². The SMILES string of the molecule is CCCCCCCCCCCCCCCCCCOP(=O)(O)Oc1ccc2nc3c(c(CC)c2c1)Cn1c-3cc2c(c1=O)COC(=O)[C@]2(O)CC. The predicted molar refractivity (Wildman–Crippen MR) is 200 cm³/mol.